The summed E-state index contributed by atoms with van der Waals surface area (Å²) in [6.07, 6.45) is 8.25. The molecular formula is C40H51F3N4O3. The number of carboxylic acid groups (broad SMARTS) is 1. The van der Waals surface area contributed by atoms with Gasteiger partial charge in [0.15, 0.2) is 0 Å². The number of nitrogens with one attached hydrogen (secondary N) is 2. The molecule has 50 heavy (non-hydrogen) atoms. The van der Waals surface area contributed by atoms with Gasteiger partial charge in [0.05, 0.1) is 0 Å². The summed E-state index contributed by atoms with van der Waals surface area (Å²) in [5.41, 5.74) is 6.41. The fourth-order valence-electron chi connectivity index (χ4n) is 7.35. The first-order valence-electron chi connectivity index (χ1n) is 18.2. The van der Waals surface area contributed by atoms with Crippen molar-refractivity contribution in [2.45, 2.75) is 115 Å². The van der Waals surface area contributed by atoms with E-state index in [-0.39, 0.29) is 12.1 Å². The molecule has 3 aromatic carbocycles. The van der Waals surface area contributed by atoms with Crippen LogP contribution < -0.4 is 10.6 Å². The summed E-state index contributed by atoms with van der Waals surface area (Å²) in [6.45, 7) is 4.63. The van der Waals surface area contributed by atoms with Crippen molar-refractivity contribution in [1.82, 2.24) is 20.4 Å². The number of likely N-dealkylation sites (tertiary alicyclic amines) is 1. The summed E-state index contributed by atoms with van der Waals surface area (Å²) in [5.74, 6) is -2.76. The molecule has 0 aromatic heterocycles. The summed E-state index contributed by atoms with van der Waals surface area (Å²) in [4.78, 5) is 27.3. The Balaban J connectivity index is 0.000000630. The third-order valence-electron chi connectivity index (χ3n) is 10.2. The molecule has 3 fully saturated rings. The Labute approximate surface area is 294 Å². The molecule has 0 radical (unpaired) electrons. The van der Waals surface area contributed by atoms with E-state index in [4.69, 9.17) is 9.90 Å². The lowest BCUT2D eigenvalue weighted by Gasteiger charge is -2.39. The summed E-state index contributed by atoms with van der Waals surface area (Å²) in [6, 6.07) is 30.0. The maximum absolute atomic E-state index is 13.8. The van der Waals surface area contributed by atoms with Crippen LogP contribution in [0.3, 0.4) is 0 Å². The maximum atomic E-state index is 13.8. The van der Waals surface area contributed by atoms with E-state index in [0.29, 0.717) is 18.6 Å². The second-order valence-electron chi connectivity index (χ2n) is 14.0. The van der Waals surface area contributed by atoms with Gasteiger partial charge in [0.25, 0.3) is 0 Å². The zero-order chi connectivity index (χ0) is 35.3. The lowest BCUT2D eigenvalue weighted by atomic mass is 9.95. The standard InChI is InChI=1S/C38H50N4O.C2HF3O2/c43-38(40-36-16-5-2-6-17-36)42(37-22-24-41(25-23-37)28-30-10-3-1-4-11-30)29-31-18-20-33(21-19-31)34-13-9-12-32(26-34)27-39-35-14-7-8-15-35;3-2(4,5)1(6)7/h1,3-4,9-13,18-21,26,35-37,39H,2,5-8,14-17,22-25,27-29H2,(H,40,43);(H,6,7). The van der Waals surface area contributed by atoms with Crippen LogP contribution in [0.15, 0.2) is 78.9 Å². The SMILES string of the molecule is O=C(NC1CCCCC1)N(Cc1ccc(-c2cccc(CNC3CCCC3)c2)cc1)C1CCN(Cc2ccccc2)CC1.O=C(O)C(F)(F)F. The van der Waals surface area contributed by atoms with Crippen molar-refractivity contribution in [2.24, 2.45) is 0 Å². The molecular weight excluding hydrogens is 641 g/mol. The van der Waals surface area contributed by atoms with E-state index >= 15 is 0 Å². The van der Waals surface area contributed by atoms with E-state index in [9.17, 15) is 18.0 Å². The highest BCUT2D eigenvalue weighted by atomic mass is 19.4. The molecule has 10 heteroatoms. The van der Waals surface area contributed by atoms with Crippen LogP contribution in [0, 0.1) is 0 Å². The number of benzene rings is 3. The minimum atomic E-state index is -5.08. The molecule has 7 nitrogen and oxygen atoms in total. The molecule has 2 aliphatic carbocycles. The molecule has 0 unspecified atom stereocenters. The molecule has 3 N–H and O–H groups in total. The Morgan fingerprint density at radius 3 is 1.96 bits per heavy atom. The van der Waals surface area contributed by atoms with Gasteiger partial charge in [0.2, 0.25) is 0 Å². The van der Waals surface area contributed by atoms with Gasteiger partial charge in [0.1, 0.15) is 0 Å². The first kappa shape index (κ1) is 37.4. The molecule has 1 heterocycles. The van der Waals surface area contributed by atoms with Crippen LogP contribution in [-0.2, 0) is 24.4 Å². The van der Waals surface area contributed by atoms with E-state index in [2.05, 4.69) is 99.3 Å². The van der Waals surface area contributed by atoms with Crippen LogP contribution in [0.25, 0.3) is 11.1 Å². The van der Waals surface area contributed by atoms with Crippen molar-refractivity contribution in [3.63, 3.8) is 0 Å². The predicted octanol–water partition coefficient (Wildman–Crippen LogP) is 8.53. The number of hydrogen-bond acceptors (Lipinski definition) is 4. The number of aliphatic carboxylic acids is 1. The molecule has 3 aliphatic rings. The minimum absolute atomic E-state index is 0.125. The Morgan fingerprint density at radius 1 is 0.720 bits per heavy atom. The number of carbonyl (C=O) groups is 2. The fourth-order valence-corrected chi connectivity index (χ4v) is 7.35. The maximum Gasteiger partial charge on any atom is 0.490 e. The number of nitrogens with zero attached hydrogens (tertiary/aromatic N) is 2. The third kappa shape index (κ3) is 11.6. The number of carboxylic acids is 1. The molecule has 0 spiro atoms. The molecule has 2 amide bonds. The van der Waals surface area contributed by atoms with Crippen LogP contribution >= 0.6 is 0 Å². The second kappa shape index (κ2) is 18.4. The minimum Gasteiger partial charge on any atom is -0.475 e. The quantitative estimate of drug-likeness (QED) is 0.198. The zero-order valence-electron chi connectivity index (χ0n) is 28.8. The van der Waals surface area contributed by atoms with E-state index in [0.717, 1.165) is 51.9 Å². The van der Waals surface area contributed by atoms with Crippen molar-refractivity contribution >= 4 is 12.0 Å². The van der Waals surface area contributed by atoms with Crippen LogP contribution in [0.2, 0.25) is 0 Å². The monoisotopic (exact) mass is 692 g/mol. The third-order valence-corrected chi connectivity index (χ3v) is 10.2. The molecule has 2 saturated carbocycles. The summed E-state index contributed by atoms with van der Waals surface area (Å²) >= 11 is 0. The lowest BCUT2D eigenvalue weighted by Crippen LogP contribution is -2.52. The van der Waals surface area contributed by atoms with E-state index in [1.54, 1.807) is 0 Å². The lowest BCUT2D eigenvalue weighted by molar-refractivity contribution is -0.192. The molecule has 270 valence electrons. The van der Waals surface area contributed by atoms with Gasteiger partial charge in [-0.3, -0.25) is 4.90 Å². The van der Waals surface area contributed by atoms with Gasteiger partial charge in [-0.2, -0.15) is 13.2 Å². The molecule has 0 atom stereocenters. The van der Waals surface area contributed by atoms with Crippen LogP contribution in [0.4, 0.5) is 18.0 Å². The van der Waals surface area contributed by atoms with Crippen LogP contribution in [-0.4, -0.2) is 64.3 Å². The Morgan fingerprint density at radius 2 is 1.32 bits per heavy atom. The molecule has 1 saturated heterocycles. The molecule has 0 bridgehead atoms. The Hall–Kier alpha value is -3.89. The Kier molecular flexibility index (Phi) is 13.7. The Bertz CT molecular complexity index is 1480. The number of rotatable bonds is 10. The summed E-state index contributed by atoms with van der Waals surface area (Å²) in [5, 5.41) is 14.3. The van der Waals surface area contributed by atoms with Gasteiger partial charge < -0.3 is 20.6 Å². The molecule has 1 aliphatic heterocycles. The number of piperidine rings is 1. The van der Waals surface area contributed by atoms with Crippen molar-refractivity contribution in [2.75, 3.05) is 13.1 Å². The first-order valence-corrected chi connectivity index (χ1v) is 18.2. The first-order chi connectivity index (χ1) is 24.1. The van der Waals surface area contributed by atoms with Crippen molar-refractivity contribution < 1.29 is 27.9 Å². The number of halogens is 3. The number of amides is 2. The second-order valence-corrected chi connectivity index (χ2v) is 14.0. The number of carbonyl (C=O) groups excluding carboxylic acids is 1. The van der Waals surface area contributed by atoms with Crippen molar-refractivity contribution in [3.8, 4) is 11.1 Å². The van der Waals surface area contributed by atoms with Gasteiger partial charge in [-0.15, -0.1) is 0 Å². The average molecular weight is 693 g/mol. The zero-order valence-corrected chi connectivity index (χ0v) is 28.8. The summed E-state index contributed by atoms with van der Waals surface area (Å²) in [7, 11) is 0. The smallest absolute Gasteiger partial charge is 0.475 e. The van der Waals surface area contributed by atoms with Crippen molar-refractivity contribution in [1.29, 1.82) is 0 Å². The molecule has 6 rings (SSSR count). The average Bonchev–Trinajstić information content (AvgIpc) is 3.65. The van der Waals surface area contributed by atoms with Gasteiger partial charge in [-0.25, -0.2) is 9.59 Å². The highest BCUT2D eigenvalue weighted by Crippen LogP contribution is 2.26. The number of alkyl halides is 3. The van der Waals surface area contributed by atoms with E-state index < -0.39 is 12.1 Å². The van der Waals surface area contributed by atoms with Gasteiger partial charge in [-0.1, -0.05) is 105 Å². The van der Waals surface area contributed by atoms with Gasteiger partial charge >= 0.3 is 18.2 Å². The highest BCUT2D eigenvalue weighted by Gasteiger charge is 2.38. The van der Waals surface area contributed by atoms with Crippen LogP contribution in [0.1, 0.15) is 87.3 Å². The van der Waals surface area contributed by atoms with E-state index in [1.807, 2.05) is 0 Å². The summed E-state index contributed by atoms with van der Waals surface area (Å²) < 4.78 is 31.7. The normalized spacial score (nSPS) is 17.9. The van der Waals surface area contributed by atoms with Crippen molar-refractivity contribution in [3.05, 3.63) is 95.6 Å². The predicted molar refractivity (Wildman–Crippen MR) is 190 cm³/mol. The number of urea groups is 1. The largest absolute Gasteiger partial charge is 0.490 e. The number of hydrogen-bond donors (Lipinski definition) is 3. The van der Waals surface area contributed by atoms with Gasteiger partial charge in [0, 0.05) is 50.8 Å². The highest BCUT2D eigenvalue weighted by molar-refractivity contribution is 5.75. The fraction of sp³-hybridized carbons (Fsp3) is 0.500. The van der Waals surface area contributed by atoms with Crippen LogP contribution in [0.5, 0.6) is 0 Å². The van der Waals surface area contributed by atoms with E-state index in [1.165, 1.54) is 72.8 Å². The van der Waals surface area contributed by atoms with Gasteiger partial charge in [-0.05, 0) is 72.4 Å². The topological polar surface area (TPSA) is 84.9 Å². The molecule has 3 aromatic rings.